The molecule has 98 valence electrons. The van der Waals surface area contributed by atoms with Crippen LogP contribution >= 0.6 is 0 Å². The Hall–Kier alpha value is -1.80. The van der Waals surface area contributed by atoms with Crippen LogP contribution in [0.2, 0.25) is 0 Å². The molecule has 0 spiro atoms. The van der Waals surface area contributed by atoms with E-state index in [-0.39, 0.29) is 0 Å². The van der Waals surface area contributed by atoms with Crippen molar-refractivity contribution in [3.05, 3.63) is 65.7 Å². The summed E-state index contributed by atoms with van der Waals surface area (Å²) in [6, 6.07) is 19.3. The molecule has 0 radical (unpaired) electrons. The number of nitrogens with one attached hydrogen (secondary N) is 2. The van der Waals surface area contributed by atoms with Crippen molar-refractivity contribution in [2.24, 2.45) is 5.92 Å². The molecular formula is C17H20N2. The van der Waals surface area contributed by atoms with Crippen LogP contribution in [0, 0.1) is 5.92 Å². The molecule has 0 aromatic heterocycles. The van der Waals surface area contributed by atoms with E-state index < -0.39 is 0 Å². The first kappa shape index (κ1) is 12.2. The SMILES string of the molecule is c1ccc(Cc2ccccc2NCC2CNC2)cc1. The minimum Gasteiger partial charge on any atom is -0.384 e. The second-order valence-electron chi connectivity index (χ2n) is 5.22. The summed E-state index contributed by atoms with van der Waals surface area (Å²) in [6.07, 6.45) is 0.993. The van der Waals surface area contributed by atoms with Gasteiger partial charge in [-0.05, 0) is 23.6 Å². The van der Waals surface area contributed by atoms with Gasteiger partial charge in [-0.3, -0.25) is 0 Å². The van der Waals surface area contributed by atoms with Gasteiger partial charge in [0.05, 0.1) is 0 Å². The van der Waals surface area contributed by atoms with Crippen LogP contribution in [-0.2, 0) is 6.42 Å². The molecule has 0 unspecified atom stereocenters. The first-order valence-electron chi connectivity index (χ1n) is 6.98. The van der Waals surface area contributed by atoms with Gasteiger partial charge in [-0.2, -0.15) is 0 Å². The summed E-state index contributed by atoms with van der Waals surface area (Å²) in [4.78, 5) is 0. The number of benzene rings is 2. The molecule has 1 saturated heterocycles. The lowest BCUT2D eigenvalue weighted by molar-refractivity contribution is 0.365. The molecule has 2 aromatic carbocycles. The lowest BCUT2D eigenvalue weighted by atomic mass is 10.0. The van der Waals surface area contributed by atoms with E-state index in [1.165, 1.54) is 16.8 Å². The second-order valence-corrected chi connectivity index (χ2v) is 5.22. The highest BCUT2D eigenvalue weighted by Gasteiger charge is 2.16. The Morgan fingerprint density at radius 1 is 0.947 bits per heavy atom. The second kappa shape index (κ2) is 5.89. The van der Waals surface area contributed by atoms with Crippen molar-refractivity contribution in [1.29, 1.82) is 0 Å². The van der Waals surface area contributed by atoms with Crippen molar-refractivity contribution in [1.82, 2.24) is 5.32 Å². The minimum absolute atomic E-state index is 0.782. The molecule has 1 aliphatic heterocycles. The zero-order valence-electron chi connectivity index (χ0n) is 11.1. The molecule has 0 saturated carbocycles. The Morgan fingerprint density at radius 3 is 2.42 bits per heavy atom. The number of anilines is 1. The molecule has 19 heavy (non-hydrogen) atoms. The molecule has 0 atom stereocenters. The lowest BCUT2D eigenvalue weighted by Gasteiger charge is -2.28. The van der Waals surface area contributed by atoms with Gasteiger partial charge in [0.25, 0.3) is 0 Å². The molecule has 2 N–H and O–H groups in total. The van der Waals surface area contributed by atoms with Crippen LogP contribution < -0.4 is 10.6 Å². The predicted octanol–water partition coefficient (Wildman–Crippen LogP) is 2.91. The average molecular weight is 252 g/mol. The minimum atomic E-state index is 0.782. The third-order valence-corrected chi connectivity index (χ3v) is 3.70. The van der Waals surface area contributed by atoms with Gasteiger partial charge in [0, 0.05) is 31.2 Å². The van der Waals surface area contributed by atoms with Crippen molar-refractivity contribution in [3.63, 3.8) is 0 Å². The normalized spacial score (nSPS) is 14.9. The van der Waals surface area contributed by atoms with E-state index in [1.54, 1.807) is 0 Å². The van der Waals surface area contributed by atoms with Crippen LogP contribution in [0.3, 0.4) is 0 Å². The fraction of sp³-hybridized carbons (Fsp3) is 0.294. The molecule has 0 aliphatic carbocycles. The van der Waals surface area contributed by atoms with Gasteiger partial charge in [-0.15, -0.1) is 0 Å². The van der Waals surface area contributed by atoms with Crippen LogP contribution in [0.1, 0.15) is 11.1 Å². The highest BCUT2D eigenvalue weighted by molar-refractivity contribution is 5.52. The van der Waals surface area contributed by atoms with E-state index >= 15 is 0 Å². The molecule has 1 heterocycles. The summed E-state index contributed by atoms with van der Waals surface area (Å²) in [5, 5.41) is 6.91. The maximum absolute atomic E-state index is 3.60. The molecule has 1 aliphatic rings. The molecule has 2 nitrogen and oxygen atoms in total. The Balaban J connectivity index is 1.69. The van der Waals surface area contributed by atoms with Crippen molar-refractivity contribution in [3.8, 4) is 0 Å². The number of rotatable bonds is 5. The van der Waals surface area contributed by atoms with Crippen LogP contribution in [0.25, 0.3) is 0 Å². The standard InChI is InChI=1S/C17H20N2/c1-2-6-14(7-3-1)10-16-8-4-5-9-17(16)19-13-15-11-18-12-15/h1-9,15,18-19H,10-13H2. The Labute approximate surface area is 114 Å². The fourth-order valence-corrected chi connectivity index (χ4v) is 2.41. The van der Waals surface area contributed by atoms with E-state index in [0.29, 0.717) is 0 Å². The van der Waals surface area contributed by atoms with Crippen LogP contribution in [0.15, 0.2) is 54.6 Å². The van der Waals surface area contributed by atoms with E-state index in [1.807, 2.05) is 0 Å². The predicted molar refractivity (Wildman–Crippen MR) is 80.5 cm³/mol. The van der Waals surface area contributed by atoms with E-state index in [9.17, 15) is 0 Å². The largest absolute Gasteiger partial charge is 0.384 e. The number of hydrogen-bond acceptors (Lipinski definition) is 2. The Kier molecular flexibility index (Phi) is 3.80. The average Bonchev–Trinajstić information content (AvgIpc) is 2.40. The number of para-hydroxylation sites is 1. The summed E-state index contributed by atoms with van der Waals surface area (Å²) in [5.41, 5.74) is 4.02. The van der Waals surface area contributed by atoms with E-state index in [4.69, 9.17) is 0 Å². The van der Waals surface area contributed by atoms with Crippen molar-refractivity contribution >= 4 is 5.69 Å². The smallest absolute Gasteiger partial charge is 0.0376 e. The fourth-order valence-electron chi connectivity index (χ4n) is 2.41. The van der Waals surface area contributed by atoms with Gasteiger partial charge in [0.15, 0.2) is 0 Å². The molecule has 1 fully saturated rings. The molecule has 2 aromatic rings. The maximum Gasteiger partial charge on any atom is 0.0376 e. The summed E-state index contributed by atoms with van der Waals surface area (Å²) in [5.74, 6) is 0.782. The first-order valence-corrected chi connectivity index (χ1v) is 6.98. The highest BCUT2D eigenvalue weighted by Crippen LogP contribution is 2.19. The zero-order chi connectivity index (χ0) is 12.9. The topological polar surface area (TPSA) is 24.1 Å². The zero-order valence-corrected chi connectivity index (χ0v) is 11.1. The van der Waals surface area contributed by atoms with Gasteiger partial charge < -0.3 is 10.6 Å². The van der Waals surface area contributed by atoms with Crippen molar-refractivity contribution < 1.29 is 0 Å². The van der Waals surface area contributed by atoms with Gasteiger partial charge in [0.1, 0.15) is 0 Å². The molecule has 3 rings (SSSR count). The van der Waals surface area contributed by atoms with Gasteiger partial charge in [0.2, 0.25) is 0 Å². The molecule has 0 amide bonds. The van der Waals surface area contributed by atoms with Gasteiger partial charge >= 0.3 is 0 Å². The third-order valence-electron chi connectivity index (χ3n) is 3.70. The van der Waals surface area contributed by atoms with Crippen molar-refractivity contribution in [2.75, 3.05) is 25.0 Å². The summed E-state index contributed by atoms with van der Waals surface area (Å²) < 4.78 is 0. The van der Waals surface area contributed by atoms with Crippen LogP contribution in [0.5, 0.6) is 0 Å². The van der Waals surface area contributed by atoms with Crippen LogP contribution in [0.4, 0.5) is 5.69 Å². The third kappa shape index (κ3) is 3.15. The summed E-state index contributed by atoms with van der Waals surface area (Å²) >= 11 is 0. The lowest BCUT2D eigenvalue weighted by Crippen LogP contribution is -2.45. The van der Waals surface area contributed by atoms with E-state index in [2.05, 4.69) is 65.2 Å². The Morgan fingerprint density at radius 2 is 1.68 bits per heavy atom. The first-order chi connectivity index (χ1) is 9.42. The van der Waals surface area contributed by atoms with Gasteiger partial charge in [-0.25, -0.2) is 0 Å². The van der Waals surface area contributed by atoms with Gasteiger partial charge in [-0.1, -0.05) is 48.5 Å². The molecule has 0 bridgehead atoms. The monoisotopic (exact) mass is 252 g/mol. The number of hydrogen-bond donors (Lipinski definition) is 2. The maximum atomic E-state index is 3.60. The molecule has 2 heteroatoms. The highest BCUT2D eigenvalue weighted by atomic mass is 15.0. The summed E-state index contributed by atoms with van der Waals surface area (Å²) in [7, 11) is 0. The van der Waals surface area contributed by atoms with Crippen LogP contribution in [-0.4, -0.2) is 19.6 Å². The molecular weight excluding hydrogens is 232 g/mol. The Bertz CT molecular complexity index is 518. The summed E-state index contributed by atoms with van der Waals surface area (Å²) in [6.45, 7) is 3.36. The quantitative estimate of drug-likeness (QED) is 0.855. The van der Waals surface area contributed by atoms with E-state index in [0.717, 1.165) is 32.0 Å². The van der Waals surface area contributed by atoms with Crippen molar-refractivity contribution in [2.45, 2.75) is 6.42 Å².